The number of pyridine rings is 1. The smallest absolute Gasteiger partial charge is 0.137 e. The van der Waals surface area contributed by atoms with Gasteiger partial charge in [-0.1, -0.05) is 115 Å². The number of rotatable bonds is 8. The normalized spacial score (nSPS) is 12.4. The van der Waals surface area contributed by atoms with Crippen molar-refractivity contribution in [2.75, 3.05) is 0 Å². The highest BCUT2D eigenvalue weighted by molar-refractivity contribution is 6.09. The van der Waals surface area contributed by atoms with Crippen LogP contribution in [0.15, 0.2) is 152 Å². The summed E-state index contributed by atoms with van der Waals surface area (Å²) in [6.45, 7) is 15.8. The molecule has 0 saturated carbocycles. The lowest BCUT2D eigenvalue weighted by atomic mass is 9.78. The van der Waals surface area contributed by atoms with Crippen molar-refractivity contribution in [3.63, 3.8) is 0 Å². The Balaban J connectivity index is 1.29. The van der Waals surface area contributed by atoms with Gasteiger partial charge in [0.2, 0.25) is 0 Å². The van der Waals surface area contributed by atoms with E-state index in [1.165, 1.54) is 27.6 Å². The van der Waals surface area contributed by atoms with Gasteiger partial charge in [-0.3, -0.25) is 4.57 Å². The molecule has 8 rings (SSSR count). The second-order valence-electron chi connectivity index (χ2n) is 16.1. The summed E-state index contributed by atoms with van der Waals surface area (Å²) in [7, 11) is 0. The van der Waals surface area contributed by atoms with Crippen molar-refractivity contribution >= 4 is 21.8 Å². The van der Waals surface area contributed by atoms with E-state index in [1.807, 2.05) is 23.1 Å². The predicted molar refractivity (Wildman–Crippen MR) is 218 cm³/mol. The molecule has 0 unspecified atom stereocenters. The molecule has 0 bridgehead atoms. The van der Waals surface area contributed by atoms with Crippen LogP contribution in [-0.4, -0.2) is 19.3 Å². The van der Waals surface area contributed by atoms with Crippen LogP contribution >= 0.6 is 0 Å². The van der Waals surface area contributed by atoms with E-state index in [9.17, 15) is 0 Å². The zero-order valence-corrected chi connectivity index (χ0v) is 31.6. The van der Waals surface area contributed by atoms with Gasteiger partial charge in [-0.05, 0) is 87.8 Å². The first-order valence-electron chi connectivity index (χ1n) is 18.4. The van der Waals surface area contributed by atoms with E-state index in [4.69, 9.17) is 9.72 Å². The Hall–Kier alpha value is -5.94. The summed E-state index contributed by atoms with van der Waals surface area (Å²) in [4.78, 5) is 4.95. The third kappa shape index (κ3) is 6.31. The highest BCUT2D eigenvalue weighted by Crippen LogP contribution is 2.41. The molecule has 0 amide bonds. The van der Waals surface area contributed by atoms with Gasteiger partial charge in [0.05, 0.1) is 16.7 Å². The Morgan fingerprint density at radius 3 is 1.85 bits per heavy atom. The molecule has 5 aromatic carbocycles. The lowest BCUT2D eigenvalue weighted by Crippen LogP contribution is -2.19. The molecule has 8 aromatic rings. The fraction of sp³-hybridized carbons (Fsp3) is 0.208. The maximum atomic E-state index is 6.82. The molecule has 5 heteroatoms. The van der Waals surface area contributed by atoms with E-state index in [0.29, 0.717) is 0 Å². The van der Waals surface area contributed by atoms with Gasteiger partial charge in [0.25, 0.3) is 0 Å². The number of nitrogens with zero attached hydrogens (tertiary/aromatic N) is 4. The third-order valence-corrected chi connectivity index (χ3v) is 10.9. The molecule has 53 heavy (non-hydrogen) atoms. The highest BCUT2D eigenvalue weighted by Gasteiger charge is 2.27. The van der Waals surface area contributed by atoms with Crippen molar-refractivity contribution in [1.29, 1.82) is 0 Å². The van der Waals surface area contributed by atoms with Crippen LogP contribution < -0.4 is 4.74 Å². The van der Waals surface area contributed by atoms with Crippen molar-refractivity contribution < 1.29 is 4.74 Å². The van der Waals surface area contributed by atoms with Crippen LogP contribution in [0.1, 0.15) is 76.3 Å². The van der Waals surface area contributed by atoms with Crippen LogP contribution in [0, 0.1) is 0 Å². The first kappa shape index (κ1) is 34.2. The lowest BCUT2D eigenvalue weighted by molar-refractivity contribution is 0.480. The van der Waals surface area contributed by atoms with Crippen LogP contribution in [-0.2, 0) is 16.2 Å². The third-order valence-electron chi connectivity index (χ3n) is 10.9. The molecule has 0 N–H and O–H groups in total. The van der Waals surface area contributed by atoms with Crippen molar-refractivity contribution in [2.45, 2.75) is 64.7 Å². The fourth-order valence-corrected chi connectivity index (χ4v) is 7.44. The van der Waals surface area contributed by atoms with E-state index in [2.05, 4.69) is 186 Å². The van der Waals surface area contributed by atoms with Gasteiger partial charge in [0.1, 0.15) is 17.3 Å². The second kappa shape index (κ2) is 12.9. The molecule has 0 saturated heterocycles. The van der Waals surface area contributed by atoms with E-state index in [-0.39, 0.29) is 16.2 Å². The van der Waals surface area contributed by atoms with Crippen LogP contribution in [0.25, 0.3) is 33.3 Å². The van der Waals surface area contributed by atoms with Crippen molar-refractivity contribution in [1.82, 2.24) is 19.3 Å². The second-order valence-corrected chi connectivity index (χ2v) is 16.1. The quantitative estimate of drug-likeness (QED) is 0.159. The number of ether oxygens (including phenoxy) is 1. The van der Waals surface area contributed by atoms with Gasteiger partial charge >= 0.3 is 0 Å². The van der Waals surface area contributed by atoms with E-state index >= 15 is 0 Å². The zero-order valence-electron chi connectivity index (χ0n) is 31.6. The van der Waals surface area contributed by atoms with Crippen LogP contribution in [0.3, 0.4) is 0 Å². The number of hydrogen-bond acceptors (Lipinski definition) is 3. The molecule has 0 aliphatic carbocycles. The summed E-state index contributed by atoms with van der Waals surface area (Å²) in [5.74, 6) is 2.38. The van der Waals surface area contributed by atoms with Crippen molar-refractivity contribution in [3.8, 4) is 23.0 Å². The first-order chi connectivity index (χ1) is 25.4. The van der Waals surface area contributed by atoms with Crippen molar-refractivity contribution in [2.24, 2.45) is 0 Å². The molecular weight excluding hydrogens is 649 g/mol. The number of benzene rings is 5. The topological polar surface area (TPSA) is 44.9 Å². The van der Waals surface area contributed by atoms with Gasteiger partial charge in [-0.25, -0.2) is 9.67 Å². The standard InChI is InChI=1S/C48H46N4O/c1-46(2,3)35-23-25-49-45(30-35)52-43-22-19-36(47(4,5)33-15-10-8-11-16-33)29-42(43)41-21-20-39(32-44(41)52)53-40-28-37(27-38(31-40)51-26-14-24-50-51)48(6,7)34-17-12-9-13-18-34/h8-32H,1-7H3. The van der Waals surface area contributed by atoms with Gasteiger partial charge in [-0.15, -0.1) is 0 Å². The molecule has 0 atom stereocenters. The molecular formula is C48H46N4O. The summed E-state index contributed by atoms with van der Waals surface area (Å²) in [5, 5.41) is 6.89. The van der Waals surface area contributed by atoms with Gasteiger partial charge in [0.15, 0.2) is 0 Å². The first-order valence-corrected chi connectivity index (χ1v) is 18.4. The molecule has 264 valence electrons. The highest BCUT2D eigenvalue weighted by atomic mass is 16.5. The lowest BCUT2D eigenvalue weighted by Gasteiger charge is -2.27. The van der Waals surface area contributed by atoms with Gasteiger partial charge in [-0.2, -0.15) is 5.10 Å². The average Bonchev–Trinajstić information content (AvgIpc) is 3.82. The Morgan fingerprint density at radius 2 is 1.19 bits per heavy atom. The molecule has 3 heterocycles. The molecule has 5 nitrogen and oxygen atoms in total. The number of hydrogen-bond donors (Lipinski definition) is 0. The average molecular weight is 695 g/mol. The number of aromatic nitrogens is 4. The van der Waals surface area contributed by atoms with E-state index in [1.54, 1.807) is 6.20 Å². The largest absolute Gasteiger partial charge is 0.457 e. The molecule has 3 aromatic heterocycles. The Labute approximate surface area is 312 Å². The summed E-state index contributed by atoms with van der Waals surface area (Å²) >= 11 is 0. The van der Waals surface area contributed by atoms with Gasteiger partial charge < -0.3 is 4.74 Å². The summed E-state index contributed by atoms with van der Waals surface area (Å²) in [6.07, 6.45) is 5.70. The van der Waals surface area contributed by atoms with Gasteiger partial charge in [0, 0.05) is 52.3 Å². The minimum absolute atomic E-state index is 0.0254. The Bertz CT molecular complexity index is 2560. The maximum absolute atomic E-state index is 6.82. The predicted octanol–water partition coefficient (Wildman–Crippen LogP) is 12.1. The summed E-state index contributed by atoms with van der Waals surface area (Å²) in [5.41, 5.74) is 8.76. The van der Waals surface area contributed by atoms with Crippen LogP contribution in [0.5, 0.6) is 11.5 Å². The molecule has 0 aliphatic rings. The number of fused-ring (bicyclic) bond motifs is 3. The SMILES string of the molecule is CC(C)(C)c1ccnc(-n2c3ccc(C(C)(C)c4ccccc4)cc3c3ccc(Oc4cc(-n5cccn5)cc(C(C)(C)c5ccccc5)c4)cc32)c1. The Kier molecular flexibility index (Phi) is 8.33. The zero-order chi connectivity index (χ0) is 37.0. The minimum Gasteiger partial charge on any atom is -0.457 e. The van der Waals surface area contributed by atoms with E-state index in [0.717, 1.165) is 45.0 Å². The molecule has 0 fully saturated rings. The fourth-order valence-electron chi connectivity index (χ4n) is 7.44. The molecule has 0 radical (unpaired) electrons. The molecule has 0 aliphatic heterocycles. The van der Waals surface area contributed by atoms with Crippen LogP contribution in [0.2, 0.25) is 0 Å². The summed E-state index contributed by atoms with van der Waals surface area (Å²) < 4.78 is 11.0. The van der Waals surface area contributed by atoms with Crippen LogP contribution in [0.4, 0.5) is 0 Å². The molecule has 0 spiro atoms. The maximum Gasteiger partial charge on any atom is 0.137 e. The Morgan fingerprint density at radius 1 is 0.491 bits per heavy atom. The van der Waals surface area contributed by atoms with Crippen molar-refractivity contribution in [3.05, 3.63) is 180 Å². The summed E-state index contributed by atoms with van der Waals surface area (Å²) in [6, 6.07) is 47.4. The van der Waals surface area contributed by atoms with E-state index < -0.39 is 0 Å². The monoisotopic (exact) mass is 694 g/mol. The minimum atomic E-state index is -0.270.